The number of carbonyl (C=O) groups is 2. The van der Waals surface area contributed by atoms with Crippen LogP contribution in [0.5, 0.6) is 0 Å². The van der Waals surface area contributed by atoms with Crippen LogP contribution < -0.4 is 5.32 Å². The van der Waals surface area contributed by atoms with Crippen molar-refractivity contribution in [3.63, 3.8) is 0 Å². The van der Waals surface area contributed by atoms with Crippen LogP contribution in [0.2, 0.25) is 10.0 Å². The number of anilines is 1. The predicted octanol–water partition coefficient (Wildman–Crippen LogP) is 2.80. The summed E-state index contributed by atoms with van der Waals surface area (Å²) in [6.07, 6.45) is -0.342. The fourth-order valence-electron chi connectivity index (χ4n) is 1.04. The van der Waals surface area contributed by atoms with Gasteiger partial charge in [-0.1, -0.05) is 29.3 Å². The molecule has 4 nitrogen and oxygen atoms in total. The summed E-state index contributed by atoms with van der Waals surface area (Å²) in [5.41, 5.74) is 0.307. The van der Waals surface area contributed by atoms with E-state index < -0.39 is 11.9 Å². The molecule has 0 atom stereocenters. The Balaban J connectivity index is 2.66. The third-order valence-corrected chi connectivity index (χ3v) is 2.42. The molecule has 0 aliphatic carbocycles. The van der Waals surface area contributed by atoms with Crippen LogP contribution in [-0.4, -0.2) is 17.0 Å². The molecule has 1 rings (SSSR count). The van der Waals surface area contributed by atoms with Crippen molar-refractivity contribution in [2.75, 3.05) is 5.32 Å². The average Bonchev–Trinajstić information content (AvgIpc) is 2.21. The first kappa shape index (κ1) is 12.8. The fraction of sp³-hybridized carbons (Fsp3) is 0.200. The highest BCUT2D eigenvalue weighted by molar-refractivity contribution is 6.39. The van der Waals surface area contributed by atoms with E-state index in [1.165, 1.54) is 0 Å². The monoisotopic (exact) mass is 261 g/mol. The number of aliphatic carboxylic acids is 1. The topological polar surface area (TPSA) is 66.4 Å². The lowest BCUT2D eigenvalue weighted by Gasteiger charge is -2.08. The van der Waals surface area contributed by atoms with E-state index in [0.717, 1.165) is 0 Å². The quantitative estimate of drug-likeness (QED) is 0.876. The number of carboxylic acids is 1. The van der Waals surface area contributed by atoms with Gasteiger partial charge in [-0.05, 0) is 12.1 Å². The smallest absolute Gasteiger partial charge is 0.303 e. The van der Waals surface area contributed by atoms with E-state index in [1.807, 2.05) is 0 Å². The van der Waals surface area contributed by atoms with Gasteiger partial charge in [0.05, 0.1) is 22.2 Å². The van der Waals surface area contributed by atoms with Crippen LogP contribution >= 0.6 is 23.2 Å². The summed E-state index contributed by atoms with van der Waals surface area (Å²) in [5, 5.41) is 11.5. The van der Waals surface area contributed by atoms with E-state index in [9.17, 15) is 9.59 Å². The first-order chi connectivity index (χ1) is 7.50. The third kappa shape index (κ3) is 3.72. The van der Waals surface area contributed by atoms with Crippen LogP contribution in [0.4, 0.5) is 5.69 Å². The van der Waals surface area contributed by atoms with E-state index >= 15 is 0 Å². The van der Waals surface area contributed by atoms with Crippen LogP contribution in [0.15, 0.2) is 18.2 Å². The Hall–Kier alpha value is -1.26. The predicted molar refractivity (Wildman–Crippen MR) is 62.0 cm³/mol. The molecule has 0 unspecified atom stereocenters. The molecule has 86 valence electrons. The van der Waals surface area contributed by atoms with Gasteiger partial charge in [0.1, 0.15) is 0 Å². The number of hydrogen-bond donors (Lipinski definition) is 2. The van der Waals surface area contributed by atoms with Gasteiger partial charge in [-0.3, -0.25) is 9.59 Å². The number of halogens is 2. The lowest BCUT2D eigenvalue weighted by molar-refractivity contribution is -0.138. The summed E-state index contributed by atoms with van der Waals surface area (Å²) >= 11 is 11.6. The number of carbonyl (C=O) groups excluding carboxylic acids is 1. The van der Waals surface area contributed by atoms with Gasteiger partial charge in [-0.15, -0.1) is 0 Å². The molecular formula is C10H9Cl2NO3. The molecule has 0 saturated heterocycles. The number of amides is 1. The Morgan fingerprint density at radius 2 is 1.75 bits per heavy atom. The third-order valence-electron chi connectivity index (χ3n) is 1.79. The van der Waals surface area contributed by atoms with E-state index in [1.54, 1.807) is 18.2 Å². The van der Waals surface area contributed by atoms with Gasteiger partial charge < -0.3 is 10.4 Å². The van der Waals surface area contributed by atoms with Gasteiger partial charge in [-0.2, -0.15) is 0 Å². The number of nitrogens with one attached hydrogen (secondary N) is 1. The minimum atomic E-state index is -1.03. The number of rotatable bonds is 4. The van der Waals surface area contributed by atoms with Crippen LogP contribution in [0.1, 0.15) is 12.8 Å². The van der Waals surface area contributed by atoms with E-state index in [0.29, 0.717) is 15.7 Å². The average molecular weight is 262 g/mol. The molecule has 0 radical (unpaired) electrons. The van der Waals surface area contributed by atoms with Crippen LogP contribution in [0, 0.1) is 0 Å². The lowest BCUT2D eigenvalue weighted by Crippen LogP contribution is -2.13. The van der Waals surface area contributed by atoms with Gasteiger partial charge >= 0.3 is 5.97 Å². The minimum Gasteiger partial charge on any atom is -0.481 e. The van der Waals surface area contributed by atoms with E-state index in [-0.39, 0.29) is 12.8 Å². The molecule has 16 heavy (non-hydrogen) atoms. The van der Waals surface area contributed by atoms with Crippen LogP contribution in [0.25, 0.3) is 0 Å². The number of hydrogen-bond acceptors (Lipinski definition) is 2. The van der Waals surface area contributed by atoms with Crippen molar-refractivity contribution in [2.45, 2.75) is 12.8 Å². The summed E-state index contributed by atoms with van der Waals surface area (Å²) < 4.78 is 0. The maximum absolute atomic E-state index is 11.3. The highest BCUT2D eigenvalue weighted by atomic mass is 35.5. The molecular weight excluding hydrogens is 253 g/mol. The Morgan fingerprint density at radius 1 is 1.19 bits per heavy atom. The van der Waals surface area contributed by atoms with Gasteiger partial charge in [0.15, 0.2) is 0 Å². The van der Waals surface area contributed by atoms with Gasteiger partial charge in [0.2, 0.25) is 5.91 Å². The summed E-state index contributed by atoms with van der Waals surface area (Å²) in [5.74, 6) is -1.46. The molecule has 0 saturated carbocycles. The lowest BCUT2D eigenvalue weighted by atomic mass is 10.2. The Labute approximate surface area is 102 Å². The van der Waals surface area contributed by atoms with Gasteiger partial charge in [0, 0.05) is 6.42 Å². The van der Waals surface area contributed by atoms with Crippen molar-refractivity contribution >= 4 is 40.8 Å². The zero-order valence-corrected chi connectivity index (χ0v) is 9.68. The van der Waals surface area contributed by atoms with Gasteiger partial charge in [0.25, 0.3) is 0 Å². The van der Waals surface area contributed by atoms with E-state index in [2.05, 4.69) is 5.32 Å². The second-order valence-corrected chi connectivity index (χ2v) is 3.85. The Bertz CT molecular complexity index is 400. The van der Waals surface area contributed by atoms with Crippen LogP contribution in [0.3, 0.4) is 0 Å². The molecule has 2 N–H and O–H groups in total. The Kier molecular flexibility index (Phi) is 4.58. The molecule has 0 aliphatic heterocycles. The summed E-state index contributed by atoms with van der Waals surface area (Å²) in [7, 11) is 0. The van der Waals surface area contributed by atoms with Gasteiger partial charge in [-0.25, -0.2) is 0 Å². The molecule has 1 aromatic carbocycles. The molecule has 6 heteroatoms. The van der Waals surface area contributed by atoms with Crippen molar-refractivity contribution < 1.29 is 14.7 Å². The first-order valence-electron chi connectivity index (χ1n) is 4.46. The van der Waals surface area contributed by atoms with Crippen molar-refractivity contribution in [2.24, 2.45) is 0 Å². The zero-order chi connectivity index (χ0) is 12.1. The molecule has 0 heterocycles. The maximum atomic E-state index is 11.3. The summed E-state index contributed by atoms with van der Waals surface area (Å²) in [4.78, 5) is 21.6. The molecule has 1 amide bonds. The molecule has 0 spiro atoms. The molecule has 1 aromatic rings. The molecule has 0 aromatic heterocycles. The largest absolute Gasteiger partial charge is 0.481 e. The van der Waals surface area contributed by atoms with Crippen LogP contribution in [-0.2, 0) is 9.59 Å². The van der Waals surface area contributed by atoms with Crippen molar-refractivity contribution in [3.8, 4) is 0 Å². The second kappa shape index (κ2) is 5.72. The SMILES string of the molecule is O=C(O)CCC(=O)Nc1c(Cl)cccc1Cl. The number of carboxylic acid groups (broad SMARTS) is 1. The molecule has 0 fully saturated rings. The first-order valence-corrected chi connectivity index (χ1v) is 5.22. The number of para-hydroxylation sites is 1. The highest BCUT2D eigenvalue weighted by Crippen LogP contribution is 2.29. The zero-order valence-electron chi connectivity index (χ0n) is 8.17. The minimum absolute atomic E-state index is 0.114. The van der Waals surface area contributed by atoms with Crippen molar-refractivity contribution in [1.29, 1.82) is 0 Å². The highest BCUT2D eigenvalue weighted by Gasteiger charge is 2.10. The fourth-order valence-corrected chi connectivity index (χ4v) is 1.53. The van der Waals surface area contributed by atoms with Crippen molar-refractivity contribution in [3.05, 3.63) is 28.2 Å². The Morgan fingerprint density at radius 3 is 2.25 bits per heavy atom. The maximum Gasteiger partial charge on any atom is 0.303 e. The second-order valence-electron chi connectivity index (χ2n) is 3.04. The summed E-state index contributed by atoms with van der Waals surface area (Å²) in [6.45, 7) is 0. The number of benzene rings is 1. The molecule has 0 bridgehead atoms. The standard InChI is InChI=1S/C10H9Cl2NO3/c11-6-2-1-3-7(12)10(6)13-8(14)4-5-9(15)16/h1-3H,4-5H2,(H,13,14)(H,15,16). The molecule has 0 aliphatic rings. The van der Waals surface area contributed by atoms with E-state index in [4.69, 9.17) is 28.3 Å². The van der Waals surface area contributed by atoms with Crippen molar-refractivity contribution in [1.82, 2.24) is 0 Å². The normalized spacial score (nSPS) is 9.88. The summed E-state index contributed by atoms with van der Waals surface area (Å²) in [6, 6.07) is 4.82.